The molecule has 17 heavy (non-hydrogen) atoms. The molecule has 6 nitrogen and oxygen atoms in total. The summed E-state index contributed by atoms with van der Waals surface area (Å²) in [5, 5.41) is 9.86. The van der Waals surface area contributed by atoms with Crippen molar-refractivity contribution in [3.63, 3.8) is 0 Å². The van der Waals surface area contributed by atoms with Crippen molar-refractivity contribution in [3.8, 4) is 0 Å². The number of hydrogen-bond donors (Lipinski definition) is 1. The van der Waals surface area contributed by atoms with Crippen LogP contribution in [0.4, 0.5) is 0 Å². The van der Waals surface area contributed by atoms with Gasteiger partial charge in [-0.25, -0.2) is 0 Å². The molecule has 3 aliphatic heterocycles. The van der Waals surface area contributed by atoms with Crippen molar-refractivity contribution < 1.29 is 28.9 Å². The van der Waals surface area contributed by atoms with Crippen molar-refractivity contribution in [2.75, 3.05) is 6.61 Å². The van der Waals surface area contributed by atoms with Gasteiger partial charge in [-0.2, -0.15) is 0 Å². The molecule has 3 rings (SSSR count). The summed E-state index contributed by atoms with van der Waals surface area (Å²) in [5.74, 6) is -2.25. The van der Waals surface area contributed by atoms with Crippen molar-refractivity contribution in [1.29, 1.82) is 0 Å². The maximum atomic E-state index is 11.9. The molecule has 0 saturated carbocycles. The average molecular weight is 242 g/mol. The summed E-state index contributed by atoms with van der Waals surface area (Å²) in [7, 11) is 0. The highest BCUT2D eigenvalue weighted by molar-refractivity contribution is 5.86. The Kier molecular flexibility index (Phi) is 2.38. The Balaban J connectivity index is 1.82. The van der Waals surface area contributed by atoms with E-state index in [2.05, 4.69) is 0 Å². The first-order valence-corrected chi connectivity index (χ1v) is 5.85. The predicted molar refractivity (Wildman–Crippen MR) is 52.8 cm³/mol. The molecule has 6 unspecified atom stereocenters. The van der Waals surface area contributed by atoms with Crippen LogP contribution >= 0.6 is 0 Å². The molecule has 1 N–H and O–H groups in total. The van der Waals surface area contributed by atoms with Gasteiger partial charge in [0.05, 0.1) is 6.61 Å². The molecule has 3 heterocycles. The van der Waals surface area contributed by atoms with Crippen LogP contribution in [0.3, 0.4) is 0 Å². The number of hydrogen-bond acceptors (Lipinski definition) is 6. The molecular weight excluding hydrogens is 228 g/mol. The minimum absolute atomic E-state index is 0.314. The molecule has 3 aliphatic rings. The molecule has 2 bridgehead atoms. The first kappa shape index (κ1) is 11.0. The molecular formula is C11H14O6. The minimum Gasteiger partial charge on any atom is -0.465 e. The summed E-state index contributed by atoms with van der Waals surface area (Å²) < 4.78 is 15.5. The lowest BCUT2D eigenvalue weighted by Gasteiger charge is -2.23. The first-order valence-electron chi connectivity index (χ1n) is 5.85. The van der Waals surface area contributed by atoms with Crippen LogP contribution in [0.15, 0.2) is 0 Å². The molecule has 3 saturated heterocycles. The van der Waals surface area contributed by atoms with Crippen molar-refractivity contribution in [2.24, 2.45) is 11.8 Å². The van der Waals surface area contributed by atoms with Gasteiger partial charge >= 0.3 is 11.9 Å². The molecule has 0 amide bonds. The second-order valence-electron chi connectivity index (χ2n) is 4.68. The Hall–Kier alpha value is -1.14. The zero-order valence-electron chi connectivity index (χ0n) is 9.37. The third kappa shape index (κ3) is 1.34. The van der Waals surface area contributed by atoms with Crippen molar-refractivity contribution in [1.82, 2.24) is 0 Å². The van der Waals surface area contributed by atoms with Crippen molar-refractivity contribution in [3.05, 3.63) is 0 Å². The molecule has 0 radical (unpaired) electrons. The van der Waals surface area contributed by atoms with Gasteiger partial charge in [-0.15, -0.1) is 0 Å². The number of fused-ring (bicyclic) bond motifs is 1. The Bertz CT molecular complexity index is 367. The molecule has 3 fully saturated rings. The lowest BCUT2D eigenvalue weighted by molar-refractivity contribution is -0.155. The van der Waals surface area contributed by atoms with Crippen LogP contribution in [-0.4, -0.2) is 48.1 Å². The topological polar surface area (TPSA) is 82.1 Å². The predicted octanol–water partition coefficient (Wildman–Crippen LogP) is -0.761. The smallest absolute Gasteiger partial charge is 0.313 e. The van der Waals surface area contributed by atoms with E-state index in [1.54, 1.807) is 0 Å². The van der Waals surface area contributed by atoms with E-state index in [-0.39, 0.29) is 0 Å². The minimum atomic E-state index is -0.915. The van der Waals surface area contributed by atoms with Crippen LogP contribution in [0, 0.1) is 11.8 Å². The van der Waals surface area contributed by atoms with Gasteiger partial charge in [0.2, 0.25) is 0 Å². The van der Waals surface area contributed by atoms with E-state index in [9.17, 15) is 14.7 Å². The number of esters is 2. The van der Waals surface area contributed by atoms with Gasteiger partial charge in [0.25, 0.3) is 0 Å². The number of carbonyl (C=O) groups excluding carboxylic acids is 2. The van der Waals surface area contributed by atoms with E-state index in [4.69, 9.17) is 14.2 Å². The molecule has 0 aromatic heterocycles. The third-order valence-corrected chi connectivity index (χ3v) is 3.65. The molecule has 0 aromatic rings. The molecule has 0 spiro atoms. The maximum Gasteiger partial charge on any atom is 0.313 e. The van der Waals surface area contributed by atoms with Crippen molar-refractivity contribution >= 4 is 11.9 Å². The summed E-state index contributed by atoms with van der Waals surface area (Å²) in [6, 6.07) is 0. The van der Waals surface area contributed by atoms with Crippen LogP contribution in [0.2, 0.25) is 0 Å². The fraction of sp³-hybridized carbons (Fsp3) is 0.818. The number of aliphatic hydroxyl groups is 1. The molecule has 6 atom stereocenters. The second kappa shape index (κ2) is 3.68. The summed E-state index contributed by atoms with van der Waals surface area (Å²) in [5.41, 5.74) is 0. The Labute approximate surface area is 97.8 Å². The van der Waals surface area contributed by atoms with Crippen LogP contribution in [0.5, 0.6) is 0 Å². The first-order chi connectivity index (χ1) is 8.15. The normalized spacial score (nSPS) is 46.1. The molecule has 6 heteroatoms. The number of aliphatic hydroxyl groups excluding tert-OH is 1. The fourth-order valence-corrected chi connectivity index (χ4v) is 2.93. The Morgan fingerprint density at radius 1 is 1.41 bits per heavy atom. The van der Waals surface area contributed by atoms with Gasteiger partial charge in [-0.3, -0.25) is 9.59 Å². The van der Waals surface area contributed by atoms with Gasteiger partial charge in [-0.1, -0.05) is 6.92 Å². The van der Waals surface area contributed by atoms with Crippen LogP contribution in [0.1, 0.15) is 13.3 Å². The maximum absolute atomic E-state index is 11.9. The van der Waals surface area contributed by atoms with Crippen LogP contribution in [-0.2, 0) is 23.8 Å². The molecule has 0 aliphatic carbocycles. The summed E-state index contributed by atoms with van der Waals surface area (Å²) >= 11 is 0. The second-order valence-corrected chi connectivity index (χ2v) is 4.68. The third-order valence-electron chi connectivity index (χ3n) is 3.65. The van der Waals surface area contributed by atoms with Gasteiger partial charge in [0, 0.05) is 0 Å². The monoisotopic (exact) mass is 242 g/mol. The standard InChI is InChI=1S/C11H14O6/c1-2-3-15-10(13)4-5-8-9(17-11(5)14)6(12)7(4)16-8/h4-9,12H,2-3H2,1H3. The van der Waals surface area contributed by atoms with E-state index in [0.29, 0.717) is 13.0 Å². The van der Waals surface area contributed by atoms with Gasteiger partial charge in [-0.05, 0) is 6.42 Å². The zero-order chi connectivity index (χ0) is 12.2. The van der Waals surface area contributed by atoms with Gasteiger partial charge in [0.15, 0.2) is 6.10 Å². The van der Waals surface area contributed by atoms with E-state index >= 15 is 0 Å². The highest BCUT2D eigenvalue weighted by Gasteiger charge is 2.70. The molecule has 94 valence electrons. The lowest BCUT2D eigenvalue weighted by atomic mass is 9.78. The highest BCUT2D eigenvalue weighted by Crippen LogP contribution is 2.50. The number of ether oxygens (including phenoxy) is 3. The largest absolute Gasteiger partial charge is 0.465 e. The van der Waals surface area contributed by atoms with E-state index in [1.807, 2.05) is 6.92 Å². The average Bonchev–Trinajstić information content (AvgIpc) is 2.89. The van der Waals surface area contributed by atoms with Crippen LogP contribution in [0.25, 0.3) is 0 Å². The van der Waals surface area contributed by atoms with Gasteiger partial charge in [0.1, 0.15) is 30.1 Å². The highest BCUT2D eigenvalue weighted by atomic mass is 16.6. The Morgan fingerprint density at radius 2 is 2.18 bits per heavy atom. The number of carbonyl (C=O) groups is 2. The summed E-state index contributed by atoms with van der Waals surface area (Å²) in [6.45, 7) is 2.20. The zero-order valence-corrected chi connectivity index (χ0v) is 9.37. The lowest BCUT2D eigenvalue weighted by Crippen LogP contribution is -2.45. The van der Waals surface area contributed by atoms with E-state index in [1.165, 1.54) is 0 Å². The quantitative estimate of drug-likeness (QED) is 0.655. The molecule has 0 aromatic carbocycles. The van der Waals surface area contributed by atoms with Crippen LogP contribution < -0.4 is 0 Å². The van der Waals surface area contributed by atoms with Crippen molar-refractivity contribution in [2.45, 2.75) is 37.8 Å². The summed E-state index contributed by atoms with van der Waals surface area (Å²) in [6.07, 6.45) is -1.95. The van der Waals surface area contributed by atoms with E-state index in [0.717, 1.165) is 0 Å². The summed E-state index contributed by atoms with van der Waals surface area (Å²) in [4.78, 5) is 23.5. The van der Waals surface area contributed by atoms with E-state index < -0.39 is 48.2 Å². The SMILES string of the molecule is CCCOC(=O)C1C2OC3C(OC(=O)C31)C2O. The van der Waals surface area contributed by atoms with Gasteiger partial charge < -0.3 is 19.3 Å². The Morgan fingerprint density at radius 3 is 2.88 bits per heavy atom. The fourth-order valence-electron chi connectivity index (χ4n) is 2.93. The number of rotatable bonds is 3.